The zero-order valence-electron chi connectivity index (χ0n) is 13.1. The molecule has 1 aromatic rings. The van der Waals surface area contributed by atoms with Crippen molar-refractivity contribution in [3.63, 3.8) is 0 Å². The summed E-state index contributed by atoms with van der Waals surface area (Å²) in [4.78, 5) is 14.5. The lowest BCUT2D eigenvalue weighted by Gasteiger charge is -2.21. The van der Waals surface area contributed by atoms with E-state index >= 15 is 0 Å². The number of rotatable bonds is 7. The third-order valence-electron chi connectivity index (χ3n) is 4.15. The van der Waals surface area contributed by atoms with Gasteiger partial charge in [-0.15, -0.1) is 0 Å². The molecule has 6 nitrogen and oxygen atoms in total. The minimum atomic E-state index is 0.125. The van der Waals surface area contributed by atoms with Crippen LogP contribution in [0.1, 0.15) is 26.7 Å². The lowest BCUT2D eigenvalue weighted by atomic mass is 9.97. The van der Waals surface area contributed by atoms with Gasteiger partial charge in [0, 0.05) is 18.7 Å². The maximum atomic E-state index is 12.2. The van der Waals surface area contributed by atoms with Gasteiger partial charge in [-0.05, 0) is 39.0 Å². The van der Waals surface area contributed by atoms with Gasteiger partial charge in [0.15, 0.2) is 0 Å². The predicted molar refractivity (Wildman–Crippen MR) is 84.2 cm³/mol. The topological polar surface area (TPSA) is 62.2 Å². The van der Waals surface area contributed by atoms with Crippen LogP contribution in [-0.2, 0) is 11.3 Å². The molecule has 0 atom stereocenters. The van der Waals surface area contributed by atoms with Gasteiger partial charge in [-0.1, -0.05) is 13.8 Å². The van der Waals surface area contributed by atoms with Crippen LogP contribution < -0.4 is 10.6 Å². The van der Waals surface area contributed by atoms with Crippen LogP contribution in [0.4, 0.5) is 5.69 Å². The number of nitrogens with zero attached hydrogens (tertiary/aromatic N) is 3. The van der Waals surface area contributed by atoms with Crippen molar-refractivity contribution < 1.29 is 4.79 Å². The van der Waals surface area contributed by atoms with Crippen LogP contribution in [0, 0.1) is 5.92 Å². The molecule has 6 heteroatoms. The largest absolute Gasteiger partial charge is 0.323 e. The fraction of sp³-hybridized carbons (Fsp3) is 0.733. The van der Waals surface area contributed by atoms with E-state index in [2.05, 4.69) is 34.5 Å². The first-order valence-corrected chi connectivity index (χ1v) is 7.99. The van der Waals surface area contributed by atoms with Gasteiger partial charge in [-0.2, -0.15) is 5.10 Å². The highest BCUT2D eigenvalue weighted by Gasteiger charge is 2.21. The average molecular weight is 293 g/mol. The van der Waals surface area contributed by atoms with Gasteiger partial charge in [0.05, 0.1) is 18.4 Å². The van der Waals surface area contributed by atoms with Gasteiger partial charge in [0.25, 0.3) is 0 Å². The Bertz CT molecular complexity index is 435. The number of carbonyl (C=O) groups excluding carboxylic acids is 1. The molecule has 0 aliphatic carbocycles. The summed E-state index contributed by atoms with van der Waals surface area (Å²) in [6.45, 7) is 10.1. The molecule has 1 fully saturated rings. The van der Waals surface area contributed by atoms with Crippen LogP contribution in [0.2, 0.25) is 0 Å². The van der Waals surface area contributed by atoms with E-state index in [1.165, 1.54) is 0 Å². The predicted octanol–water partition coefficient (Wildman–Crippen LogP) is 1.16. The van der Waals surface area contributed by atoms with Crippen molar-refractivity contribution in [2.75, 3.05) is 38.0 Å². The summed E-state index contributed by atoms with van der Waals surface area (Å²) in [5, 5.41) is 10.6. The molecule has 1 aromatic heterocycles. The first kappa shape index (κ1) is 16.0. The zero-order valence-corrected chi connectivity index (χ0v) is 13.1. The fourth-order valence-electron chi connectivity index (χ4n) is 2.66. The molecule has 2 rings (SSSR count). The third kappa shape index (κ3) is 4.82. The van der Waals surface area contributed by atoms with Crippen molar-refractivity contribution in [3.8, 4) is 0 Å². The number of aromatic nitrogens is 2. The maximum absolute atomic E-state index is 12.2. The number of hydrogen-bond donors (Lipinski definition) is 2. The second-order valence-corrected chi connectivity index (χ2v) is 5.53. The Labute approximate surface area is 126 Å². The van der Waals surface area contributed by atoms with Gasteiger partial charge in [0.1, 0.15) is 0 Å². The highest BCUT2D eigenvalue weighted by Crippen LogP contribution is 2.15. The third-order valence-corrected chi connectivity index (χ3v) is 4.15. The number of nitrogens with one attached hydrogen (secondary N) is 2. The molecule has 0 saturated carbocycles. The molecule has 1 aliphatic heterocycles. The summed E-state index contributed by atoms with van der Waals surface area (Å²) in [5.41, 5.74) is 0.804. The van der Waals surface area contributed by atoms with E-state index in [1.807, 2.05) is 10.9 Å². The van der Waals surface area contributed by atoms with Crippen LogP contribution in [0.3, 0.4) is 0 Å². The van der Waals surface area contributed by atoms with Crippen molar-refractivity contribution >= 4 is 11.6 Å². The van der Waals surface area contributed by atoms with Gasteiger partial charge in [-0.25, -0.2) is 0 Å². The lowest BCUT2D eigenvalue weighted by Crippen LogP contribution is -2.34. The Morgan fingerprint density at radius 1 is 1.43 bits per heavy atom. The highest BCUT2D eigenvalue weighted by molar-refractivity contribution is 5.92. The number of anilines is 1. The Morgan fingerprint density at radius 2 is 2.14 bits per heavy atom. The van der Waals surface area contributed by atoms with E-state index in [-0.39, 0.29) is 11.8 Å². The Balaban J connectivity index is 1.80. The molecule has 0 aromatic carbocycles. The molecule has 0 radical (unpaired) electrons. The van der Waals surface area contributed by atoms with Crippen molar-refractivity contribution in [2.45, 2.75) is 33.2 Å². The van der Waals surface area contributed by atoms with Gasteiger partial charge in [0.2, 0.25) is 5.91 Å². The standard InChI is InChI=1S/C15H27N5O/c1-3-19(4-2)9-10-20-12-14(11-17-20)18-15(21)13-5-7-16-8-6-13/h11-13,16H,3-10H2,1-2H3,(H,18,21). The quantitative estimate of drug-likeness (QED) is 0.792. The minimum absolute atomic E-state index is 0.125. The summed E-state index contributed by atoms with van der Waals surface area (Å²) < 4.78 is 1.90. The summed E-state index contributed by atoms with van der Waals surface area (Å²) in [6.07, 6.45) is 5.49. The molecular formula is C15H27N5O. The molecule has 118 valence electrons. The second-order valence-electron chi connectivity index (χ2n) is 5.53. The van der Waals surface area contributed by atoms with E-state index in [9.17, 15) is 4.79 Å². The zero-order chi connectivity index (χ0) is 15.1. The van der Waals surface area contributed by atoms with Crippen molar-refractivity contribution in [1.82, 2.24) is 20.0 Å². The normalized spacial score (nSPS) is 16.3. The van der Waals surface area contributed by atoms with E-state index in [0.717, 1.165) is 57.8 Å². The Kier molecular flexibility index (Phi) is 6.20. The summed E-state index contributed by atoms with van der Waals surface area (Å²) in [5.74, 6) is 0.255. The number of piperidine rings is 1. The molecule has 21 heavy (non-hydrogen) atoms. The molecule has 2 N–H and O–H groups in total. The van der Waals surface area contributed by atoms with Crippen LogP contribution in [0.15, 0.2) is 12.4 Å². The lowest BCUT2D eigenvalue weighted by molar-refractivity contribution is -0.120. The maximum Gasteiger partial charge on any atom is 0.227 e. The monoisotopic (exact) mass is 293 g/mol. The first-order chi connectivity index (χ1) is 10.2. The van der Waals surface area contributed by atoms with E-state index in [1.54, 1.807) is 6.20 Å². The molecular weight excluding hydrogens is 266 g/mol. The Hall–Kier alpha value is -1.40. The molecule has 0 bridgehead atoms. The number of carbonyl (C=O) groups is 1. The number of hydrogen-bond acceptors (Lipinski definition) is 4. The molecule has 1 amide bonds. The summed E-state index contributed by atoms with van der Waals surface area (Å²) in [7, 11) is 0. The minimum Gasteiger partial charge on any atom is -0.323 e. The molecule has 1 aliphatic rings. The summed E-state index contributed by atoms with van der Waals surface area (Å²) in [6, 6.07) is 0. The number of amides is 1. The molecule has 2 heterocycles. The van der Waals surface area contributed by atoms with Crippen LogP contribution in [0.5, 0.6) is 0 Å². The van der Waals surface area contributed by atoms with Gasteiger partial charge >= 0.3 is 0 Å². The molecule has 1 saturated heterocycles. The van der Waals surface area contributed by atoms with E-state index in [4.69, 9.17) is 0 Å². The van der Waals surface area contributed by atoms with Crippen LogP contribution in [-0.4, -0.2) is 53.3 Å². The van der Waals surface area contributed by atoms with Gasteiger partial charge < -0.3 is 15.5 Å². The average Bonchev–Trinajstić information content (AvgIpc) is 2.96. The first-order valence-electron chi connectivity index (χ1n) is 7.99. The summed E-state index contributed by atoms with van der Waals surface area (Å²) >= 11 is 0. The van der Waals surface area contributed by atoms with Crippen LogP contribution in [0.25, 0.3) is 0 Å². The SMILES string of the molecule is CCN(CC)CCn1cc(NC(=O)C2CCNCC2)cn1. The highest BCUT2D eigenvalue weighted by atomic mass is 16.1. The second kappa shape index (κ2) is 8.14. The van der Waals surface area contributed by atoms with E-state index in [0.29, 0.717) is 0 Å². The Morgan fingerprint density at radius 3 is 2.81 bits per heavy atom. The van der Waals surface area contributed by atoms with Gasteiger partial charge in [-0.3, -0.25) is 9.48 Å². The van der Waals surface area contributed by atoms with Crippen LogP contribution >= 0.6 is 0 Å². The van der Waals surface area contributed by atoms with Crippen molar-refractivity contribution in [1.29, 1.82) is 0 Å². The van der Waals surface area contributed by atoms with Crippen molar-refractivity contribution in [3.05, 3.63) is 12.4 Å². The smallest absolute Gasteiger partial charge is 0.227 e. The van der Waals surface area contributed by atoms with E-state index < -0.39 is 0 Å². The molecule has 0 unspecified atom stereocenters. The number of likely N-dealkylation sites (N-methyl/N-ethyl adjacent to an activating group) is 1. The fourth-order valence-corrected chi connectivity index (χ4v) is 2.66. The van der Waals surface area contributed by atoms with Crippen molar-refractivity contribution in [2.24, 2.45) is 5.92 Å². The molecule has 0 spiro atoms.